The van der Waals surface area contributed by atoms with Gasteiger partial charge in [0.25, 0.3) is 5.56 Å². The van der Waals surface area contributed by atoms with E-state index >= 15 is 0 Å². The van der Waals surface area contributed by atoms with Gasteiger partial charge in [0.05, 0.1) is 43.5 Å². The molecule has 0 radical (unpaired) electrons. The number of amides is 2. The minimum absolute atomic E-state index is 0.127. The molecule has 4 aromatic rings. The maximum Gasteiger partial charge on any atom is 0.339 e. The standard InChI is InChI=1S/C31H32N4O8/c1-41-25-13-12-20(18-26(25)42-2)14-16-32-27(36)15-17-34-29(38)22-9-5-7-11-24(22)35(31(34)40)19-28(37)33-23-10-6-4-8-21(23)30(39)43-3/h4-13,18H,14-17,19H2,1-3H3,(H,32,36)(H,33,37). The number of esters is 1. The first-order valence-electron chi connectivity index (χ1n) is 13.4. The Morgan fingerprint density at radius 2 is 1.53 bits per heavy atom. The van der Waals surface area contributed by atoms with E-state index in [0.717, 1.165) is 10.1 Å². The number of fused-ring (bicyclic) bond motifs is 1. The van der Waals surface area contributed by atoms with Crippen molar-refractivity contribution in [3.8, 4) is 11.5 Å². The maximum atomic E-state index is 13.5. The van der Waals surface area contributed by atoms with E-state index in [2.05, 4.69) is 10.6 Å². The fraction of sp³-hybridized carbons (Fsp3) is 0.258. The van der Waals surface area contributed by atoms with Gasteiger partial charge in [-0.05, 0) is 48.4 Å². The van der Waals surface area contributed by atoms with Crippen LogP contribution in [0.4, 0.5) is 5.69 Å². The van der Waals surface area contributed by atoms with Gasteiger partial charge in [0.1, 0.15) is 6.54 Å². The van der Waals surface area contributed by atoms with Gasteiger partial charge in [0.2, 0.25) is 11.8 Å². The number of anilines is 1. The van der Waals surface area contributed by atoms with Crippen LogP contribution in [0.15, 0.2) is 76.3 Å². The molecule has 2 N–H and O–H groups in total. The molecule has 0 spiro atoms. The first-order valence-corrected chi connectivity index (χ1v) is 13.4. The van der Waals surface area contributed by atoms with E-state index in [1.807, 2.05) is 12.1 Å². The van der Waals surface area contributed by atoms with Crippen molar-refractivity contribution in [3.05, 3.63) is 98.7 Å². The second kappa shape index (κ2) is 14.0. The van der Waals surface area contributed by atoms with Crippen LogP contribution in [0, 0.1) is 0 Å². The molecule has 12 heteroatoms. The third kappa shape index (κ3) is 7.10. The lowest BCUT2D eigenvalue weighted by atomic mass is 10.1. The largest absolute Gasteiger partial charge is 0.493 e. The highest BCUT2D eigenvalue weighted by Gasteiger charge is 2.18. The van der Waals surface area contributed by atoms with Crippen LogP contribution in [0.2, 0.25) is 0 Å². The third-order valence-electron chi connectivity index (χ3n) is 6.79. The van der Waals surface area contributed by atoms with Gasteiger partial charge in [-0.1, -0.05) is 30.3 Å². The summed E-state index contributed by atoms with van der Waals surface area (Å²) in [6.45, 7) is -0.289. The number of nitrogens with one attached hydrogen (secondary N) is 2. The Kier molecular flexibility index (Phi) is 9.94. The Balaban J connectivity index is 1.48. The Bertz CT molecular complexity index is 1780. The van der Waals surface area contributed by atoms with Crippen molar-refractivity contribution in [2.45, 2.75) is 25.9 Å². The number of hydrogen-bond acceptors (Lipinski definition) is 8. The molecule has 0 fully saturated rings. The van der Waals surface area contributed by atoms with Gasteiger partial charge in [-0.25, -0.2) is 9.59 Å². The van der Waals surface area contributed by atoms with Gasteiger partial charge in [-0.3, -0.25) is 23.5 Å². The number of hydrogen-bond donors (Lipinski definition) is 2. The molecule has 43 heavy (non-hydrogen) atoms. The maximum absolute atomic E-state index is 13.5. The molecule has 0 saturated carbocycles. The highest BCUT2D eigenvalue weighted by atomic mass is 16.5. The number of carbonyl (C=O) groups is 3. The summed E-state index contributed by atoms with van der Waals surface area (Å²) in [5, 5.41) is 5.66. The zero-order valence-corrected chi connectivity index (χ0v) is 24.0. The van der Waals surface area contributed by atoms with Crippen molar-refractivity contribution in [3.63, 3.8) is 0 Å². The van der Waals surface area contributed by atoms with Gasteiger partial charge in [0.15, 0.2) is 11.5 Å². The molecule has 3 aromatic carbocycles. The van der Waals surface area contributed by atoms with Crippen LogP contribution in [-0.4, -0.2) is 54.8 Å². The summed E-state index contributed by atoms with van der Waals surface area (Å²) in [5.74, 6) is -0.385. The van der Waals surface area contributed by atoms with E-state index in [1.54, 1.807) is 56.7 Å². The van der Waals surface area contributed by atoms with E-state index in [-0.39, 0.29) is 41.0 Å². The second-order valence-corrected chi connectivity index (χ2v) is 9.47. The quantitative estimate of drug-likeness (QED) is 0.240. The van der Waals surface area contributed by atoms with Crippen molar-refractivity contribution >= 4 is 34.4 Å². The Labute approximate surface area is 246 Å². The molecule has 0 aliphatic heterocycles. The number of benzene rings is 3. The van der Waals surface area contributed by atoms with Crippen molar-refractivity contribution in [1.82, 2.24) is 14.5 Å². The summed E-state index contributed by atoms with van der Waals surface area (Å²) in [4.78, 5) is 64.4. The molecule has 4 rings (SSSR count). The number of ether oxygens (including phenoxy) is 3. The number of carbonyl (C=O) groups excluding carboxylic acids is 3. The van der Waals surface area contributed by atoms with Crippen LogP contribution >= 0.6 is 0 Å². The van der Waals surface area contributed by atoms with Crippen LogP contribution in [0.3, 0.4) is 0 Å². The van der Waals surface area contributed by atoms with Crippen molar-refractivity contribution < 1.29 is 28.6 Å². The number of methoxy groups -OCH3 is 3. The minimum atomic E-state index is -0.738. The van der Waals surface area contributed by atoms with E-state index in [4.69, 9.17) is 14.2 Å². The van der Waals surface area contributed by atoms with Gasteiger partial charge in [-0.15, -0.1) is 0 Å². The van der Waals surface area contributed by atoms with Gasteiger partial charge >= 0.3 is 11.7 Å². The van der Waals surface area contributed by atoms with Crippen LogP contribution in [-0.2, 0) is 33.8 Å². The topological polar surface area (TPSA) is 147 Å². The molecule has 1 aromatic heterocycles. The Hall–Kier alpha value is -5.39. The summed E-state index contributed by atoms with van der Waals surface area (Å²) < 4.78 is 17.4. The molecule has 12 nitrogen and oxygen atoms in total. The number of aromatic nitrogens is 2. The summed E-state index contributed by atoms with van der Waals surface area (Å²) in [6.07, 6.45) is 0.404. The molecule has 224 valence electrons. The van der Waals surface area contributed by atoms with E-state index in [1.165, 1.54) is 23.8 Å². The molecular formula is C31H32N4O8. The average molecular weight is 589 g/mol. The lowest BCUT2D eigenvalue weighted by Crippen LogP contribution is -2.42. The first kappa shape index (κ1) is 30.6. The molecule has 0 aliphatic carbocycles. The lowest BCUT2D eigenvalue weighted by Gasteiger charge is -2.15. The highest BCUT2D eigenvalue weighted by molar-refractivity contribution is 6.01. The SMILES string of the molecule is COC(=O)c1ccccc1NC(=O)Cn1c(=O)n(CCC(=O)NCCc2ccc(OC)c(OC)c2)c(=O)c2ccccc21. The zero-order chi connectivity index (χ0) is 30.9. The summed E-state index contributed by atoms with van der Waals surface area (Å²) in [7, 11) is 4.33. The lowest BCUT2D eigenvalue weighted by molar-refractivity contribution is -0.121. The summed E-state index contributed by atoms with van der Waals surface area (Å²) in [5.41, 5.74) is 0.265. The summed E-state index contributed by atoms with van der Waals surface area (Å²) >= 11 is 0. The average Bonchev–Trinajstić information content (AvgIpc) is 3.02. The predicted octanol–water partition coefficient (Wildman–Crippen LogP) is 2.35. The normalized spacial score (nSPS) is 10.7. The van der Waals surface area contributed by atoms with Crippen molar-refractivity contribution in [2.24, 2.45) is 0 Å². The molecule has 0 bridgehead atoms. The van der Waals surface area contributed by atoms with Crippen molar-refractivity contribution in [2.75, 3.05) is 33.2 Å². The second-order valence-electron chi connectivity index (χ2n) is 9.47. The fourth-order valence-electron chi connectivity index (χ4n) is 4.62. The minimum Gasteiger partial charge on any atom is -0.493 e. The zero-order valence-electron chi connectivity index (χ0n) is 24.0. The molecule has 0 aliphatic rings. The van der Waals surface area contributed by atoms with Crippen LogP contribution in [0.25, 0.3) is 10.9 Å². The van der Waals surface area contributed by atoms with E-state index in [9.17, 15) is 24.0 Å². The molecule has 2 amide bonds. The molecule has 0 unspecified atom stereocenters. The Morgan fingerprint density at radius 3 is 2.28 bits per heavy atom. The summed E-state index contributed by atoms with van der Waals surface area (Å²) in [6, 6.07) is 18.2. The number of para-hydroxylation sites is 2. The fourth-order valence-corrected chi connectivity index (χ4v) is 4.62. The molecule has 1 heterocycles. The highest BCUT2D eigenvalue weighted by Crippen LogP contribution is 2.27. The Morgan fingerprint density at radius 1 is 0.814 bits per heavy atom. The van der Waals surface area contributed by atoms with E-state index in [0.29, 0.717) is 24.5 Å². The van der Waals surface area contributed by atoms with Crippen LogP contribution < -0.4 is 31.4 Å². The molecule has 0 saturated heterocycles. The van der Waals surface area contributed by atoms with Gasteiger partial charge < -0.3 is 24.8 Å². The number of nitrogens with zero attached hydrogens (tertiary/aromatic N) is 2. The number of rotatable bonds is 12. The predicted molar refractivity (Wildman–Crippen MR) is 160 cm³/mol. The van der Waals surface area contributed by atoms with Crippen LogP contribution in [0.1, 0.15) is 22.3 Å². The smallest absolute Gasteiger partial charge is 0.339 e. The van der Waals surface area contributed by atoms with Crippen molar-refractivity contribution in [1.29, 1.82) is 0 Å². The van der Waals surface area contributed by atoms with E-state index < -0.39 is 29.7 Å². The monoisotopic (exact) mass is 588 g/mol. The van der Waals surface area contributed by atoms with Gasteiger partial charge in [0, 0.05) is 19.5 Å². The first-order chi connectivity index (χ1) is 20.8. The van der Waals surface area contributed by atoms with Gasteiger partial charge in [-0.2, -0.15) is 0 Å². The molecule has 0 atom stereocenters. The third-order valence-corrected chi connectivity index (χ3v) is 6.79. The molecular weight excluding hydrogens is 556 g/mol. The van der Waals surface area contributed by atoms with Crippen LogP contribution in [0.5, 0.6) is 11.5 Å².